The first-order valence-electron chi connectivity index (χ1n) is 4.26. The number of halogens is 1. The molecule has 2 rings (SSSR count). The van der Waals surface area contributed by atoms with E-state index in [2.05, 4.69) is 27.1 Å². The Balaban J connectivity index is 2.14. The van der Waals surface area contributed by atoms with Crippen LogP contribution in [0.25, 0.3) is 0 Å². The largest absolute Gasteiger partial charge is 0.226 e. The van der Waals surface area contributed by atoms with Crippen LogP contribution in [0.2, 0.25) is 5.28 Å². The quantitative estimate of drug-likeness (QED) is 0.626. The summed E-state index contributed by atoms with van der Waals surface area (Å²) >= 11 is 8.69. The van der Waals surface area contributed by atoms with E-state index < -0.39 is 0 Å². The van der Waals surface area contributed by atoms with Gasteiger partial charge in [0.1, 0.15) is 10.0 Å². The Morgan fingerprint density at radius 1 is 1.47 bits per heavy atom. The molecular weight excluding hydrogens is 252 g/mol. The lowest BCUT2D eigenvalue weighted by molar-refractivity contribution is 0.941. The van der Waals surface area contributed by atoms with Gasteiger partial charge in [0, 0.05) is 6.20 Å². The van der Waals surface area contributed by atoms with Crippen LogP contribution >= 0.6 is 34.7 Å². The maximum absolute atomic E-state index is 5.68. The van der Waals surface area contributed by atoms with Crippen LogP contribution in [0, 0.1) is 0 Å². The highest BCUT2D eigenvalue weighted by atomic mass is 35.5. The number of hydrogen-bond donors (Lipinski definition) is 0. The molecule has 0 amide bonds. The minimum atomic E-state index is 0.250. The van der Waals surface area contributed by atoms with Crippen molar-refractivity contribution in [1.82, 2.24) is 20.2 Å². The molecule has 2 heterocycles. The standard InChI is InChI=1S/C8H7ClN4S2/c1-2-5-12-13-8(14-5)15-6-3-4-10-7(9)11-6/h3-4H,2H2,1H3. The number of rotatable bonds is 3. The molecule has 0 saturated carbocycles. The smallest absolute Gasteiger partial charge is 0.223 e. The summed E-state index contributed by atoms with van der Waals surface area (Å²) in [6, 6.07) is 1.80. The Bertz CT molecular complexity index is 459. The maximum atomic E-state index is 5.68. The second-order valence-corrected chi connectivity index (χ2v) is 5.25. The number of aryl methyl sites for hydroxylation is 1. The zero-order valence-electron chi connectivity index (χ0n) is 7.85. The molecule has 0 radical (unpaired) electrons. The predicted octanol–water partition coefficient (Wildman–Crippen LogP) is 2.70. The molecule has 0 N–H and O–H groups in total. The lowest BCUT2D eigenvalue weighted by Gasteiger charge is -1.94. The molecule has 0 aromatic carbocycles. The van der Waals surface area contributed by atoms with Crippen molar-refractivity contribution in [3.63, 3.8) is 0 Å². The van der Waals surface area contributed by atoms with Crippen LogP contribution in [0.1, 0.15) is 11.9 Å². The van der Waals surface area contributed by atoms with Crippen molar-refractivity contribution >= 4 is 34.7 Å². The van der Waals surface area contributed by atoms with E-state index in [0.717, 1.165) is 20.8 Å². The summed E-state index contributed by atoms with van der Waals surface area (Å²) in [5, 5.41) is 10.1. The van der Waals surface area contributed by atoms with Crippen LogP contribution in [-0.2, 0) is 6.42 Å². The first-order chi connectivity index (χ1) is 7.28. The van der Waals surface area contributed by atoms with Gasteiger partial charge in [0.2, 0.25) is 5.28 Å². The molecule has 2 aromatic rings. The normalized spacial score (nSPS) is 10.5. The highest BCUT2D eigenvalue weighted by molar-refractivity contribution is 8.01. The lowest BCUT2D eigenvalue weighted by atomic mass is 10.5. The minimum Gasteiger partial charge on any atom is -0.226 e. The highest BCUT2D eigenvalue weighted by Gasteiger charge is 2.06. The van der Waals surface area contributed by atoms with Crippen LogP contribution in [0.5, 0.6) is 0 Å². The van der Waals surface area contributed by atoms with Gasteiger partial charge in [0.15, 0.2) is 4.34 Å². The van der Waals surface area contributed by atoms with Crippen molar-refractivity contribution in [3.8, 4) is 0 Å². The molecule has 2 aromatic heterocycles. The molecule has 0 atom stereocenters. The van der Waals surface area contributed by atoms with Crippen LogP contribution in [-0.4, -0.2) is 20.2 Å². The van der Waals surface area contributed by atoms with Gasteiger partial charge < -0.3 is 0 Å². The van der Waals surface area contributed by atoms with Gasteiger partial charge in [0.25, 0.3) is 0 Å². The van der Waals surface area contributed by atoms with Gasteiger partial charge in [-0.05, 0) is 35.9 Å². The van der Waals surface area contributed by atoms with Gasteiger partial charge >= 0.3 is 0 Å². The summed E-state index contributed by atoms with van der Waals surface area (Å²) < 4.78 is 0.876. The van der Waals surface area contributed by atoms with E-state index in [-0.39, 0.29) is 5.28 Å². The van der Waals surface area contributed by atoms with Gasteiger partial charge in [-0.2, -0.15) is 0 Å². The molecular formula is C8H7ClN4S2. The fourth-order valence-corrected chi connectivity index (χ4v) is 2.83. The summed E-state index contributed by atoms with van der Waals surface area (Å²) in [5.74, 6) is 0. The van der Waals surface area contributed by atoms with Crippen LogP contribution in [0.4, 0.5) is 0 Å². The van der Waals surface area contributed by atoms with Crippen molar-refractivity contribution < 1.29 is 0 Å². The zero-order chi connectivity index (χ0) is 10.7. The average molecular weight is 259 g/mol. The zero-order valence-corrected chi connectivity index (χ0v) is 10.2. The summed E-state index contributed by atoms with van der Waals surface area (Å²) in [6.45, 7) is 2.05. The average Bonchev–Trinajstić information content (AvgIpc) is 2.65. The molecule has 0 spiro atoms. The van der Waals surface area contributed by atoms with Gasteiger partial charge in [-0.3, -0.25) is 0 Å². The first kappa shape index (κ1) is 10.8. The van der Waals surface area contributed by atoms with E-state index in [4.69, 9.17) is 11.6 Å². The van der Waals surface area contributed by atoms with Crippen molar-refractivity contribution in [1.29, 1.82) is 0 Å². The third kappa shape index (κ3) is 2.87. The Hall–Kier alpha value is -0.720. The predicted molar refractivity (Wildman–Crippen MR) is 60.5 cm³/mol. The second-order valence-electron chi connectivity index (χ2n) is 2.58. The fourth-order valence-electron chi connectivity index (χ4n) is 0.888. The van der Waals surface area contributed by atoms with Crippen LogP contribution in [0.3, 0.4) is 0 Å². The van der Waals surface area contributed by atoms with E-state index in [1.807, 2.05) is 0 Å². The Kier molecular flexibility index (Phi) is 3.50. The van der Waals surface area contributed by atoms with Gasteiger partial charge in [-0.15, -0.1) is 10.2 Å². The summed E-state index contributed by atoms with van der Waals surface area (Å²) in [5.41, 5.74) is 0. The number of aromatic nitrogens is 4. The fraction of sp³-hybridized carbons (Fsp3) is 0.250. The Morgan fingerprint density at radius 2 is 2.33 bits per heavy atom. The third-order valence-corrected chi connectivity index (χ3v) is 3.78. The topological polar surface area (TPSA) is 51.6 Å². The van der Waals surface area contributed by atoms with Gasteiger partial charge in [0.05, 0.1) is 0 Å². The Labute approximate surface area is 100 Å². The lowest BCUT2D eigenvalue weighted by Crippen LogP contribution is -1.83. The van der Waals surface area contributed by atoms with E-state index in [1.165, 1.54) is 11.8 Å². The summed E-state index contributed by atoms with van der Waals surface area (Å²) in [4.78, 5) is 7.87. The summed E-state index contributed by atoms with van der Waals surface area (Å²) in [7, 11) is 0. The molecule has 0 bridgehead atoms. The Morgan fingerprint density at radius 3 is 3.00 bits per heavy atom. The van der Waals surface area contributed by atoms with Crippen molar-refractivity contribution in [2.75, 3.05) is 0 Å². The third-order valence-electron chi connectivity index (χ3n) is 1.54. The minimum absolute atomic E-state index is 0.250. The number of hydrogen-bond acceptors (Lipinski definition) is 6. The van der Waals surface area contributed by atoms with E-state index in [0.29, 0.717) is 0 Å². The second kappa shape index (κ2) is 4.87. The highest BCUT2D eigenvalue weighted by Crippen LogP contribution is 2.28. The van der Waals surface area contributed by atoms with Gasteiger partial charge in [-0.25, -0.2) is 9.97 Å². The molecule has 0 aliphatic heterocycles. The molecule has 0 aliphatic rings. The molecule has 0 fully saturated rings. The van der Waals surface area contributed by atoms with Crippen molar-refractivity contribution in [2.45, 2.75) is 22.7 Å². The van der Waals surface area contributed by atoms with Crippen molar-refractivity contribution in [3.05, 3.63) is 22.6 Å². The molecule has 0 aliphatic carbocycles. The molecule has 4 nitrogen and oxygen atoms in total. The molecule has 0 saturated heterocycles. The molecule has 0 unspecified atom stereocenters. The summed E-state index contributed by atoms with van der Waals surface area (Å²) in [6.07, 6.45) is 2.53. The van der Waals surface area contributed by atoms with E-state index in [1.54, 1.807) is 23.6 Å². The van der Waals surface area contributed by atoms with Gasteiger partial charge in [-0.1, -0.05) is 18.3 Å². The molecule has 15 heavy (non-hydrogen) atoms. The number of nitrogens with zero attached hydrogens (tertiary/aromatic N) is 4. The molecule has 7 heteroatoms. The van der Waals surface area contributed by atoms with E-state index >= 15 is 0 Å². The SMILES string of the molecule is CCc1nnc(Sc2ccnc(Cl)n2)s1. The molecule has 78 valence electrons. The van der Waals surface area contributed by atoms with E-state index in [9.17, 15) is 0 Å². The van der Waals surface area contributed by atoms with Crippen molar-refractivity contribution in [2.24, 2.45) is 0 Å². The monoisotopic (exact) mass is 258 g/mol. The van der Waals surface area contributed by atoms with Crippen LogP contribution in [0.15, 0.2) is 21.6 Å². The maximum Gasteiger partial charge on any atom is 0.223 e. The first-order valence-corrected chi connectivity index (χ1v) is 6.28. The van der Waals surface area contributed by atoms with Crippen LogP contribution < -0.4 is 0 Å².